The van der Waals surface area contributed by atoms with Gasteiger partial charge in [0.2, 0.25) is 0 Å². The fourth-order valence-corrected chi connectivity index (χ4v) is 3.10. The van der Waals surface area contributed by atoms with Crippen molar-refractivity contribution in [1.29, 1.82) is 0 Å². The number of nitrogens with zero attached hydrogens (tertiary/aromatic N) is 2. The summed E-state index contributed by atoms with van der Waals surface area (Å²) < 4.78 is 7.95. The van der Waals surface area contributed by atoms with Crippen molar-refractivity contribution in [1.82, 2.24) is 9.55 Å². The van der Waals surface area contributed by atoms with Gasteiger partial charge in [0.15, 0.2) is 0 Å². The predicted molar refractivity (Wildman–Crippen MR) is 78.0 cm³/mol. The summed E-state index contributed by atoms with van der Waals surface area (Å²) in [4.78, 5) is 4.78. The molecule has 19 heavy (non-hydrogen) atoms. The molecule has 1 aromatic carbocycles. The van der Waals surface area contributed by atoms with E-state index in [9.17, 15) is 0 Å². The van der Waals surface area contributed by atoms with Crippen LogP contribution in [0.2, 0.25) is 0 Å². The Balaban J connectivity index is 2.21. The van der Waals surface area contributed by atoms with E-state index in [1.807, 2.05) is 0 Å². The SMILES string of the molecule is Cc1ccc2c(c1)nc(CCCl)n2C1(C)CCOC1. The molecule has 1 saturated heterocycles. The lowest BCUT2D eigenvalue weighted by atomic mass is 10.0. The van der Waals surface area contributed by atoms with Crippen LogP contribution >= 0.6 is 11.6 Å². The van der Waals surface area contributed by atoms with Crippen LogP contribution in [-0.4, -0.2) is 28.6 Å². The van der Waals surface area contributed by atoms with Crippen molar-refractivity contribution in [3.05, 3.63) is 29.6 Å². The largest absolute Gasteiger partial charge is 0.379 e. The fraction of sp³-hybridized carbons (Fsp3) is 0.533. The van der Waals surface area contributed by atoms with Gasteiger partial charge in [-0.05, 0) is 38.0 Å². The number of hydrogen-bond donors (Lipinski definition) is 0. The number of ether oxygens (including phenoxy) is 1. The van der Waals surface area contributed by atoms with E-state index in [0.29, 0.717) is 5.88 Å². The molecule has 1 atom stereocenters. The number of fused-ring (bicyclic) bond motifs is 1. The summed E-state index contributed by atoms with van der Waals surface area (Å²) in [6, 6.07) is 6.45. The predicted octanol–water partition coefficient (Wildman–Crippen LogP) is 3.26. The Labute approximate surface area is 118 Å². The zero-order valence-corrected chi connectivity index (χ0v) is 12.2. The van der Waals surface area contributed by atoms with E-state index in [-0.39, 0.29) is 5.54 Å². The molecule has 2 aromatic rings. The number of aryl methyl sites for hydroxylation is 2. The smallest absolute Gasteiger partial charge is 0.111 e. The number of halogens is 1. The minimum Gasteiger partial charge on any atom is -0.379 e. The monoisotopic (exact) mass is 278 g/mol. The second kappa shape index (κ2) is 4.80. The molecule has 0 amide bonds. The molecule has 1 unspecified atom stereocenters. The van der Waals surface area contributed by atoms with Gasteiger partial charge in [0.05, 0.1) is 23.2 Å². The molecule has 1 aromatic heterocycles. The highest BCUT2D eigenvalue weighted by Gasteiger charge is 2.34. The van der Waals surface area contributed by atoms with Crippen LogP contribution in [-0.2, 0) is 16.7 Å². The van der Waals surface area contributed by atoms with Crippen molar-refractivity contribution < 1.29 is 4.74 Å². The van der Waals surface area contributed by atoms with Gasteiger partial charge < -0.3 is 9.30 Å². The summed E-state index contributed by atoms with van der Waals surface area (Å²) >= 11 is 5.93. The minimum atomic E-state index is 0.00536. The van der Waals surface area contributed by atoms with Gasteiger partial charge in [0, 0.05) is 18.9 Å². The van der Waals surface area contributed by atoms with Gasteiger partial charge >= 0.3 is 0 Å². The molecule has 1 fully saturated rings. The summed E-state index contributed by atoms with van der Waals surface area (Å²) in [5.74, 6) is 1.67. The first-order valence-corrected chi connectivity index (χ1v) is 7.30. The first-order chi connectivity index (χ1) is 9.14. The van der Waals surface area contributed by atoms with Gasteiger partial charge in [0.25, 0.3) is 0 Å². The summed E-state index contributed by atoms with van der Waals surface area (Å²) in [5, 5.41) is 0. The average molecular weight is 279 g/mol. The first-order valence-electron chi connectivity index (χ1n) is 6.76. The Morgan fingerprint density at radius 1 is 1.47 bits per heavy atom. The second-order valence-corrected chi connectivity index (χ2v) is 5.97. The zero-order chi connectivity index (χ0) is 13.5. The highest BCUT2D eigenvalue weighted by molar-refractivity contribution is 6.17. The Hall–Kier alpha value is -1.06. The number of hydrogen-bond acceptors (Lipinski definition) is 2. The molecule has 102 valence electrons. The summed E-state index contributed by atoms with van der Waals surface area (Å²) in [6.07, 6.45) is 1.83. The molecule has 3 rings (SSSR count). The molecular weight excluding hydrogens is 260 g/mol. The highest BCUT2D eigenvalue weighted by Crippen LogP contribution is 2.32. The van der Waals surface area contributed by atoms with Crippen molar-refractivity contribution in [2.45, 2.75) is 32.2 Å². The fourth-order valence-electron chi connectivity index (χ4n) is 2.93. The van der Waals surface area contributed by atoms with E-state index in [0.717, 1.165) is 37.4 Å². The van der Waals surface area contributed by atoms with E-state index in [2.05, 4.69) is 36.6 Å². The van der Waals surface area contributed by atoms with Gasteiger partial charge in [-0.2, -0.15) is 0 Å². The van der Waals surface area contributed by atoms with Crippen LogP contribution in [0.5, 0.6) is 0 Å². The van der Waals surface area contributed by atoms with Crippen LogP contribution in [0, 0.1) is 6.92 Å². The molecule has 2 heterocycles. The first kappa shape index (κ1) is 12.9. The van der Waals surface area contributed by atoms with E-state index >= 15 is 0 Å². The Morgan fingerprint density at radius 3 is 3.00 bits per heavy atom. The molecule has 0 spiro atoms. The molecule has 0 N–H and O–H groups in total. The second-order valence-electron chi connectivity index (χ2n) is 5.59. The van der Waals surface area contributed by atoms with Crippen LogP contribution in [0.4, 0.5) is 0 Å². The minimum absolute atomic E-state index is 0.00536. The lowest BCUT2D eigenvalue weighted by Gasteiger charge is -2.27. The third-order valence-corrected chi connectivity index (χ3v) is 4.12. The van der Waals surface area contributed by atoms with Gasteiger partial charge in [-0.1, -0.05) is 6.07 Å². The summed E-state index contributed by atoms with van der Waals surface area (Å²) in [5.41, 5.74) is 3.50. The van der Waals surface area contributed by atoms with Gasteiger partial charge in [-0.15, -0.1) is 11.6 Å². The van der Waals surface area contributed by atoms with E-state index in [1.54, 1.807) is 0 Å². The number of benzene rings is 1. The zero-order valence-electron chi connectivity index (χ0n) is 11.4. The maximum absolute atomic E-state index is 5.93. The van der Waals surface area contributed by atoms with Crippen molar-refractivity contribution in [2.24, 2.45) is 0 Å². The van der Waals surface area contributed by atoms with Gasteiger partial charge in [-0.3, -0.25) is 0 Å². The lowest BCUT2D eigenvalue weighted by molar-refractivity contribution is 0.162. The highest BCUT2D eigenvalue weighted by atomic mass is 35.5. The number of rotatable bonds is 3. The molecule has 0 saturated carbocycles. The standard InChI is InChI=1S/C15H19ClN2O/c1-11-3-4-13-12(9-11)17-14(5-7-16)18(13)15(2)6-8-19-10-15/h3-4,9H,5-8,10H2,1-2H3. The lowest BCUT2D eigenvalue weighted by Crippen LogP contribution is -2.32. The Morgan fingerprint density at radius 2 is 2.32 bits per heavy atom. The third kappa shape index (κ3) is 2.15. The molecule has 0 radical (unpaired) electrons. The van der Waals surface area contributed by atoms with Crippen molar-refractivity contribution in [2.75, 3.05) is 19.1 Å². The van der Waals surface area contributed by atoms with E-state index < -0.39 is 0 Å². The van der Waals surface area contributed by atoms with E-state index in [1.165, 1.54) is 11.1 Å². The van der Waals surface area contributed by atoms with Crippen LogP contribution < -0.4 is 0 Å². The molecule has 3 nitrogen and oxygen atoms in total. The molecule has 0 bridgehead atoms. The maximum Gasteiger partial charge on any atom is 0.111 e. The van der Waals surface area contributed by atoms with E-state index in [4.69, 9.17) is 21.3 Å². The number of aromatic nitrogens is 2. The van der Waals surface area contributed by atoms with Gasteiger partial charge in [-0.25, -0.2) is 4.98 Å². The van der Waals surface area contributed by atoms with Crippen molar-refractivity contribution in [3.8, 4) is 0 Å². The molecule has 4 heteroatoms. The molecular formula is C15H19ClN2O. The van der Waals surface area contributed by atoms with Crippen LogP contribution in [0.15, 0.2) is 18.2 Å². The molecule has 0 aliphatic carbocycles. The number of imidazole rings is 1. The quantitative estimate of drug-likeness (QED) is 0.806. The molecule has 1 aliphatic heterocycles. The average Bonchev–Trinajstić information content (AvgIpc) is 2.93. The Bertz CT molecular complexity index is 599. The third-order valence-electron chi connectivity index (χ3n) is 3.94. The van der Waals surface area contributed by atoms with Crippen LogP contribution in [0.3, 0.4) is 0 Å². The van der Waals surface area contributed by atoms with Gasteiger partial charge in [0.1, 0.15) is 5.82 Å². The van der Waals surface area contributed by atoms with Crippen molar-refractivity contribution in [3.63, 3.8) is 0 Å². The normalized spacial score (nSPS) is 23.3. The van der Waals surface area contributed by atoms with Crippen molar-refractivity contribution >= 4 is 22.6 Å². The summed E-state index contributed by atoms with van der Waals surface area (Å²) in [6.45, 7) is 5.92. The maximum atomic E-state index is 5.93. The topological polar surface area (TPSA) is 27.1 Å². The number of alkyl halides is 1. The van der Waals surface area contributed by atoms with Crippen LogP contribution in [0.25, 0.3) is 11.0 Å². The molecule has 1 aliphatic rings. The Kier molecular flexibility index (Phi) is 3.27. The van der Waals surface area contributed by atoms with Crippen LogP contribution in [0.1, 0.15) is 24.7 Å². The summed E-state index contributed by atoms with van der Waals surface area (Å²) in [7, 11) is 0.